The minimum Gasteiger partial charge on any atom is -0.480 e. The lowest BCUT2D eigenvalue weighted by Crippen LogP contribution is -2.40. The zero-order valence-electron chi connectivity index (χ0n) is 16.2. The molecule has 1 amide bonds. The highest BCUT2D eigenvalue weighted by atomic mass is 32.1. The standard InChI is InChI=1S/C19H26N6O3S/c1-10(11-8-22-16-12(11)9-23-19(21)25-16)14-5-6-15(29-14)17(26)24-13(18(27)28)4-2-3-7-20/h5-6,9-11,13H,2-4,7-8,20H2,1H3,(H,24,26)(H,27,28)(H3,21,22,23,25)/t10?,11?,13-/m0/s1. The second-order valence-corrected chi connectivity index (χ2v) is 8.27. The van der Waals surface area contributed by atoms with E-state index in [9.17, 15) is 14.7 Å². The summed E-state index contributed by atoms with van der Waals surface area (Å²) in [5.74, 6) is -0.0987. The zero-order chi connectivity index (χ0) is 21.0. The number of nitrogens with two attached hydrogens (primary N) is 2. The third-order valence-corrected chi connectivity index (χ3v) is 6.46. The summed E-state index contributed by atoms with van der Waals surface area (Å²) in [7, 11) is 0. The summed E-state index contributed by atoms with van der Waals surface area (Å²) >= 11 is 1.38. The minimum absolute atomic E-state index is 0.141. The number of carbonyl (C=O) groups is 2. The summed E-state index contributed by atoms with van der Waals surface area (Å²) in [6, 6.07) is 2.75. The number of nitrogens with one attached hydrogen (secondary N) is 2. The summed E-state index contributed by atoms with van der Waals surface area (Å²) in [4.78, 5) is 33.8. The van der Waals surface area contributed by atoms with Gasteiger partial charge in [-0.05, 0) is 43.9 Å². The quantitative estimate of drug-likeness (QED) is 0.386. The number of hydrogen-bond acceptors (Lipinski definition) is 8. The Morgan fingerprint density at radius 2 is 2.21 bits per heavy atom. The first-order chi connectivity index (χ1) is 13.9. The monoisotopic (exact) mass is 418 g/mol. The van der Waals surface area contributed by atoms with Crippen LogP contribution in [0.5, 0.6) is 0 Å². The highest BCUT2D eigenvalue weighted by molar-refractivity contribution is 7.14. The van der Waals surface area contributed by atoms with Crippen molar-refractivity contribution in [1.82, 2.24) is 15.3 Å². The molecule has 1 aliphatic heterocycles. The van der Waals surface area contributed by atoms with Crippen molar-refractivity contribution in [2.45, 2.75) is 44.1 Å². The van der Waals surface area contributed by atoms with Crippen LogP contribution in [-0.2, 0) is 4.79 Å². The Morgan fingerprint density at radius 3 is 2.93 bits per heavy atom. The topological polar surface area (TPSA) is 156 Å². The van der Waals surface area contributed by atoms with Gasteiger partial charge >= 0.3 is 5.97 Å². The van der Waals surface area contributed by atoms with Gasteiger partial charge in [0.1, 0.15) is 11.9 Å². The smallest absolute Gasteiger partial charge is 0.326 e. The number of nitrogen functional groups attached to an aromatic ring is 1. The van der Waals surface area contributed by atoms with Gasteiger partial charge in [-0.25, -0.2) is 9.78 Å². The molecule has 3 rings (SSSR count). The third kappa shape index (κ3) is 4.83. The van der Waals surface area contributed by atoms with Crippen molar-refractivity contribution in [3.63, 3.8) is 0 Å². The van der Waals surface area contributed by atoms with Gasteiger partial charge in [-0.2, -0.15) is 4.98 Å². The lowest BCUT2D eigenvalue weighted by molar-refractivity contribution is -0.139. The molecule has 7 N–H and O–H groups in total. The van der Waals surface area contributed by atoms with E-state index in [1.54, 1.807) is 12.3 Å². The van der Waals surface area contributed by atoms with Gasteiger partial charge in [-0.1, -0.05) is 6.92 Å². The average Bonchev–Trinajstić information content (AvgIpc) is 3.33. The number of carboxylic acid groups (broad SMARTS) is 1. The molecule has 0 aliphatic carbocycles. The number of carboxylic acids is 1. The van der Waals surface area contributed by atoms with Gasteiger partial charge in [0.2, 0.25) is 5.95 Å². The molecule has 2 aromatic rings. The molecule has 2 aromatic heterocycles. The molecule has 0 spiro atoms. The molecule has 0 aromatic carbocycles. The Balaban J connectivity index is 1.67. The Hall–Kier alpha value is -2.72. The largest absolute Gasteiger partial charge is 0.480 e. The van der Waals surface area contributed by atoms with Crippen molar-refractivity contribution >= 4 is 35.0 Å². The number of carbonyl (C=O) groups excluding carboxylic acids is 1. The number of aromatic nitrogens is 2. The molecule has 9 nitrogen and oxygen atoms in total. The SMILES string of the molecule is CC(c1ccc(C(=O)N[C@@H](CCCCN)C(=O)O)s1)C1CNc2nc(N)ncc21. The number of hydrogen-bond donors (Lipinski definition) is 5. The van der Waals surface area contributed by atoms with Crippen molar-refractivity contribution < 1.29 is 14.7 Å². The van der Waals surface area contributed by atoms with Crippen LogP contribution >= 0.6 is 11.3 Å². The van der Waals surface area contributed by atoms with Crippen LogP contribution in [0.4, 0.5) is 11.8 Å². The Kier molecular flexibility index (Phi) is 6.65. The van der Waals surface area contributed by atoms with E-state index in [1.807, 2.05) is 6.07 Å². The maximum atomic E-state index is 12.6. The van der Waals surface area contributed by atoms with Crippen LogP contribution in [0.2, 0.25) is 0 Å². The first kappa shape index (κ1) is 21.0. The van der Waals surface area contributed by atoms with Crippen molar-refractivity contribution in [3.05, 3.63) is 33.6 Å². The Labute approximate surface area is 172 Å². The average molecular weight is 419 g/mol. The maximum Gasteiger partial charge on any atom is 0.326 e. The summed E-state index contributed by atoms with van der Waals surface area (Å²) < 4.78 is 0. The molecular formula is C19H26N6O3S. The van der Waals surface area contributed by atoms with E-state index in [0.29, 0.717) is 24.3 Å². The Morgan fingerprint density at radius 1 is 1.41 bits per heavy atom. The molecule has 10 heteroatoms. The fourth-order valence-electron chi connectivity index (χ4n) is 3.48. The number of thiophene rings is 1. The van der Waals surface area contributed by atoms with E-state index >= 15 is 0 Å². The fourth-order valence-corrected chi connectivity index (χ4v) is 4.51. The molecule has 0 saturated carbocycles. The molecule has 3 heterocycles. The van der Waals surface area contributed by atoms with E-state index in [0.717, 1.165) is 29.2 Å². The van der Waals surface area contributed by atoms with Gasteiger partial charge in [0.25, 0.3) is 5.91 Å². The Bertz CT molecular complexity index is 887. The summed E-state index contributed by atoms with van der Waals surface area (Å²) in [6.07, 6.45) is 3.49. The summed E-state index contributed by atoms with van der Waals surface area (Å²) in [5.41, 5.74) is 12.1. The molecule has 0 radical (unpaired) electrons. The first-order valence-electron chi connectivity index (χ1n) is 9.60. The molecular weight excluding hydrogens is 392 g/mol. The van der Waals surface area contributed by atoms with Gasteiger partial charge in [0, 0.05) is 29.1 Å². The highest BCUT2D eigenvalue weighted by Crippen LogP contribution is 2.41. The van der Waals surface area contributed by atoms with Crippen LogP contribution in [0.15, 0.2) is 18.3 Å². The molecule has 1 aliphatic rings. The second kappa shape index (κ2) is 9.19. The summed E-state index contributed by atoms with van der Waals surface area (Å²) in [5, 5.41) is 15.2. The van der Waals surface area contributed by atoms with Crippen molar-refractivity contribution in [1.29, 1.82) is 0 Å². The van der Waals surface area contributed by atoms with E-state index < -0.39 is 12.0 Å². The molecule has 156 valence electrons. The van der Waals surface area contributed by atoms with Gasteiger partial charge < -0.3 is 27.2 Å². The number of aliphatic carboxylic acids is 1. The number of unbranched alkanes of at least 4 members (excludes halogenated alkanes) is 1. The minimum atomic E-state index is -1.03. The lowest BCUT2D eigenvalue weighted by Gasteiger charge is -2.17. The predicted octanol–water partition coefficient (Wildman–Crippen LogP) is 1.75. The number of nitrogens with zero attached hydrogens (tertiary/aromatic N) is 2. The van der Waals surface area contributed by atoms with Crippen LogP contribution in [0.25, 0.3) is 0 Å². The van der Waals surface area contributed by atoms with Gasteiger partial charge in [-0.3, -0.25) is 4.79 Å². The number of rotatable bonds is 9. The van der Waals surface area contributed by atoms with Gasteiger partial charge in [0.05, 0.1) is 4.88 Å². The van der Waals surface area contributed by atoms with Crippen LogP contribution in [0.3, 0.4) is 0 Å². The zero-order valence-corrected chi connectivity index (χ0v) is 17.0. The number of amides is 1. The summed E-state index contributed by atoms with van der Waals surface area (Å²) in [6.45, 7) is 3.32. The molecule has 0 bridgehead atoms. The van der Waals surface area contributed by atoms with Crippen molar-refractivity contribution in [2.75, 3.05) is 24.1 Å². The van der Waals surface area contributed by atoms with Crippen molar-refractivity contribution in [2.24, 2.45) is 5.73 Å². The van der Waals surface area contributed by atoms with Crippen LogP contribution in [0, 0.1) is 0 Å². The molecule has 0 fully saturated rings. The van der Waals surface area contributed by atoms with Crippen LogP contribution < -0.4 is 22.1 Å². The van der Waals surface area contributed by atoms with Crippen LogP contribution in [-0.4, -0.2) is 46.1 Å². The fraction of sp³-hybridized carbons (Fsp3) is 0.474. The highest BCUT2D eigenvalue weighted by Gasteiger charge is 2.31. The van der Waals surface area contributed by atoms with Gasteiger partial charge in [0.15, 0.2) is 0 Å². The number of fused-ring (bicyclic) bond motifs is 1. The predicted molar refractivity (Wildman–Crippen MR) is 112 cm³/mol. The lowest BCUT2D eigenvalue weighted by atomic mass is 9.89. The van der Waals surface area contributed by atoms with E-state index in [-0.39, 0.29) is 23.7 Å². The van der Waals surface area contributed by atoms with Gasteiger partial charge in [-0.15, -0.1) is 11.3 Å². The van der Waals surface area contributed by atoms with E-state index in [1.165, 1.54) is 11.3 Å². The molecule has 0 saturated heterocycles. The molecule has 3 atom stereocenters. The molecule has 29 heavy (non-hydrogen) atoms. The van der Waals surface area contributed by atoms with Crippen molar-refractivity contribution in [3.8, 4) is 0 Å². The normalized spacial score (nSPS) is 17.2. The number of anilines is 2. The van der Waals surface area contributed by atoms with E-state index in [2.05, 4.69) is 27.5 Å². The third-order valence-electron chi connectivity index (χ3n) is 5.18. The first-order valence-corrected chi connectivity index (χ1v) is 10.4. The van der Waals surface area contributed by atoms with E-state index in [4.69, 9.17) is 11.5 Å². The second-order valence-electron chi connectivity index (χ2n) is 7.16. The maximum absolute atomic E-state index is 12.6. The van der Waals surface area contributed by atoms with Crippen LogP contribution in [0.1, 0.15) is 58.1 Å². The molecule has 2 unspecified atom stereocenters.